The summed E-state index contributed by atoms with van der Waals surface area (Å²) in [6.07, 6.45) is 3.68. The third-order valence-corrected chi connectivity index (χ3v) is 4.33. The minimum absolute atomic E-state index is 0. The van der Waals surface area contributed by atoms with E-state index in [1.165, 1.54) is 9.75 Å². The average molecular weight is 450 g/mol. The lowest BCUT2D eigenvalue weighted by Crippen LogP contribution is -2.38. The topological polar surface area (TPSA) is 65.5 Å². The zero-order chi connectivity index (χ0) is 15.8. The molecule has 3 N–H and O–H groups in total. The first-order chi connectivity index (χ1) is 10.7. The van der Waals surface area contributed by atoms with Gasteiger partial charge in [0.05, 0.1) is 6.54 Å². The van der Waals surface area contributed by atoms with Crippen molar-refractivity contribution in [1.29, 1.82) is 0 Å². The van der Waals surface area contributed by atoms with E-state index in [2.05, 4.69) is 46.9 Å². The van der Waals surface area contributed by atoms with Gasteiger partial charge in [0.1, 0.15) is 0 Å². The highest BCUT2D eigenvalue weighted by Gasteiger charge is 2.22. The van der Waals surface area contributed by atoms with Gasteiger partial charge in [0, 0.05) is 35.3 Å². The van der Waals surface area contributed by atoms with Crippen LogP contribution in [0.4, 0.5) is 0 Å². The molecule has 1 aromatic heterocycles. The Morgan fingerprint density at radius 2 is 2.13 bits per heavy atom. The third kappa shape index (κ3) is 8.55. The van der Waals surface area contributed by atoms with E-state index in [0.29, 0.717) is 19.0 Å². The molecule has 1 saturated carbocycles. The Balaban J connectivity index is 0.00000264. The first kappa shape index (κ1) is 20.2. The van der Waals surface area contributed by atoms with E-state index in [1.54, 1.807) is 11.3 Å². The van der Waals surface area contributed by atoms with Crippen LogP contribution in [0.2, 0.25) is 0 Å². The van der Waals surface area contributed by atoms with Crippen molar-refractivity contribution in [3.8, 4) is 0 Å². The summed E-state index contributed by atoms with van der Waals surface area (Å²) in [5, 5.41) is 9.52. The van der Waals surface area contributed by atoms with Crippen LogP contribution in [0.25, 0.3) is 0 Å². The molecule has 130 valence electrons. The fourth-order valence-corrected chi connectivity index (χ4v) is 2.87. The van der Waals surface area contributed by atoms with Gasteiger partial charge in [-0.15, -0.1) is 35.3 Å². The molecule has 0 atom stereocenters. The molecule has 2 rings (SSSR count). The second-order valence-corrected chi connectivity index (χ2v) is 6.95. The highest BCUT2D eigenvalue weighted by molar-refractivity contribution is 14.0. The molecule has 1 aromatic rings. The second-order valence-electron chi connectivity index (χ2n) is 5.58. The number of rotatable bonds is 8. The maximum atomic E-state index is 11.6. The highest BCUT2D eigenvalue weighted by atomic mass is 127. The van der Waals surface area contributed by atoms with Gasteiger partial charge in [-0.3, -0.25) is 4.79 Å². The summed E-state index contributed by atoms with van der Waals surface area (Å²) in [5.74, 6) is 0.983. The van der Waals surface area contributed by atoms with Crippen LogP contribution < -0.4 is 16.0 Å². The molecule has 0 aliphatic heterocycles. The van der Waals surface area contributed by atoms with Crippen LogP contribution in [0, 0.1) is 6.92 Å². The van der Waals surface area contributed by atoms with Gasteiger partial charge >= 0.3 is 0 Å². The SMILES string of the molecule is CCNC(=NCc1ccc(C)s1)NCCCC(=O)NC1CC1.I. The summed E-state index contributed by atoms with van der Waals surface area (Å²) in [5.41, 5.74) is 0. The molecular formula is C16H27IN4OS. The first-order valence-corrected chi connectivity index (χ1v) is 8.86. The van der Waals surface area contributed by atoms with Crippen molar-refractivity contribution in [3.63, 3.8) is 0 Å². The van der Waals surface area contributed by atoms with Crippen LogP contribution >= 0.6 is 35.3 Å². The number of halogens is 1. The number of amides is 1. The van der Waals surface area contributed by atoms with Gasteiger partial charge in [-0.05, 0) is 45.2 Å². The Hall–Kier alpha value is -0.830. The maximum Gasteiger partial charge on any atom is 0.220 e. The van der Waals surface area contributed by atoms with Crippen molar-refractivity contribution in [2.75, 3.05) is 13.1 Å². The van der Waals surface area contributed by atoms with Crippen LogP contribution in [0.1, 0.15) is 42.4 Å². The largest absolute Gasteiger partial charge is 0.357 e. The molecule has 1 fully saturated rings. The molecule has 7 heteroatoms. The number of thiophene rings is 1. The van der Waals surface area contributed by atoms with Crippen molar-refractivity contribution < 1.29 is 4.79 Å². The zero-order valence-corrected chi connectivity index (χ0v) is 17.0. The summed E-state index contributed by atoms with van der Waals surface area (Å²) in [7, 11) is 0. The maximum absolute atomic E-state index is 11.6. The predicted octanol–water partition coefficient (Wildman–Crippen LogP) is 2.79. The smallest absolute Gasteiger partial charge is 0.220 e. The number of carbonyl (C=O) groups excluding carboxylic acids is 1. The Morgan fingerprint density at radius 1 is 1.35 bits per heavy atom. The summed E-state index contributed by atoms with van der Waals surface area (Å²) in [6, 6.07) is 4.69. The van der Waals surface area contributed by atoms with Crippen LogP contribution in [0.15, 0.2) is 17.1 Å². The van der Waals surface area contributed by atoms with Gasteiger partial charge in [0.2, 0.25) is 5.91 Å². The molecule has 0 saturated heterocycles. The van der Waals surface area contributed by atoms with Gasteiger partial charge in [-0.2, -0.15) is 0 Å². The average Bonchev–Trinajstić information content (AvgIpc) is 3.20. The molecule has 1 amide bonds. The third-order valence-electron chi connectivity index (χ3n) is 3.35. The van der Waals surface area contributed by atoms with E-state index in [9.17, 15) is 4.79 Å². The summed E-state index contributed by atoms with van der Waals surface area (Å²) < 4.78 is 0. The molecule has 0 unspecified atom stereocenters. The monoisotopic (exact) mass is 450 g/mol. The summed E-state index contributed by atoms with van der Waals surface area (Å²) >= 11 is 1.78. The number of hydrogen-bond acceptors (Lipinski definition) is 3. The van der Waals surface area contributed by atoms with Crippen molar-refractivity contribution >= 4 is 47.2 Å². The number of carbonyl (C=O) groups is 1. The minimum Gasteiger partial charge on any atom is -0.357 e. The minimum atomic E-state index is 0. The van der Waals surface area contributed by atoms with Gasteiger partial charge in [-0.1, -0.05) is 0 Å². The summed E-state index contributed by atoms with van der Waals surface area (Å²) in [6.45, 7) is 6.43. The Kier molecular flexibility index (Phi) is 9.54. The molecule has 0 bridgehead atoms. The normalized spacial score (nSPS) is 14.1. The number of nitrogens with zero attached hydrogens (tertiary/aromatic N) is 1. The van der Waals surface area contributed by atoms with Crippen LogP contribution in [0.3, 0.4) is 0 Å². The molecule has 5 nitrogen and oxygen atoms in total. The first-order valence-electron chi connectivity index (χ1n) is 8.04. The lowest BCUT2D eigenvalue weighted by atomic mass is 10.3. The Morgan fingerprint density at radius 3 is 2.74 bits per heavy atom. The molecule has 0 radical (unpaired) electrons. The van der Waals surface area contributed by atoms with E-state index in [1.807, 2.05) is 0 Å². The molecule has 23 heavy (non-hydrogen) atoms. The van der Waals surface area contributed by atoms with Crippen LogP contribution in [-0.4, -0.2) is 31.0 Å². The van der Waals surface area contributed by atoms with Gasteiger partial charge < -0.3 is 16.0 Å². The van der Waals surface area contributed by atoms with Crippen LogP contribution in [0.5, 0.6) is 0 Å². The molecule has 0 spiro atoms. The van der Waals surface area contributed by atoms with Crippen molar-refractivity contribution in [3.05, 3.63) is 21.9 Å². The van der Waals surface area contributed by atoms with Crippen molar-refractivity contribution in [2.24, 2.45) is 4.99 Å². The molecule has 0 aromatic carbocycles. The van der Waals surface area contributed by atoms with Gasteiger partial charge in [-0.25, -0.2) is 4.99 Å². The molecule has 1 heterocycles. The fourth-order valence-electron chi connectivity index (χ4n) is 2.05. The van der Waals surface area contributed by atoms with Gasteiger partial charge in [0.25, 0.3) is 0 Å². The number of hydrogen-bond donors (Lipinski definition) is 3. The van der Waals surface area contributed by atoms with Crippen molar-refractivity contribution in [2.45, 2.75) is 52.1 Å². The number of aliphatic imine (C=N–C) groups is 1. The number of nitrogens with one attached hydrogen (secondary N) is 3. The molecule has 1 aliphatic rings. The predicted molar refractivity (Wildman–Crippen MR) is 108 cm³/mol. The van der Waals surface area contributed by atoms with E-state index in [-0.39, 0.29) is 29.9 Å². The van der Waals surface area contributed by atoms with Crippen LogP contribution in [-0.2, 0) is 11.3 Å². The lowest BCUT2D eigenvalue weighted by molar-refractivity contribution is -0.121. The Bertz CT molecular complexity index is 514. The Labute approximate surface area is 159 Å². The standard InChI is InChI=1S/C16H26N4OS.HI/c1-3-17-16(19-11-14-9-6-12(2)22-14)18-10-4-5-15(21)20-13-7-8-13;/h6,9,13H,3-5,7-8,10-11H2,1-2H3,(H,20,21)(H2,17,18,19);1H. The van der Waals surface area contributed by atoms with E-state index in [0.717, 1.165) is 38.3 Å². The number of guanidine groups is 1. The van der Waals surface area contributed by atoms with Crippen molar-refractivity contribution in [1.82, 2.24) is 16.0 Å². The van der Waals surface area contributed by atoms with E-state index < -0.39 is 0 Å². The molecule has 1 aliphatic carbocycles. The second kappa shape index (κ2) is 10.9. The fraction of sp³-hybridized carbons (Fsp3) is 0.625. The molecular weight excluding hydrogens is 423 g/mol. The lowest BCUT2D eigenvalue weighted by Gasteiger charge is -2.11. The van der Waals surface area contributed by atoms with Gasteiger partial charge in [0.15, 0.2) is 5.96 Å². The number of aryl methyl sites for hydroxylation is 1. The zero-order valence-electron chi connectivity index (χ0n) is 13.9. The highest BCUT2D eigenvalue weighted by Crippen LogP contribution is 2.18. The summed E-state index contributed by atoms with van der Waals surface area (Å²) in [4.78, 5) is 18.7. The van der Waals surface area contributed by atoms with E-state index in [4.69, 9.17) is 0 Å². The van der Waals surface area contributed by atoms with E-state index >= 15 is 0 Å². The quantitative estimate of drug-likeness (QED) is 0.247.